The number of hydrogen-bond donors (Lipinski definition) is 3. The minimum Gasteiger partial charge on any atom is -0.409 e. The van der Waals surface area contributed by atoms with Gasteiger partial charge in [0.1, 0.15) is 0 Å². The quantitative estimate of drug-likeness (QED) is 0.312. The standard InChI is InChI=1S/C15H23N3O2S/c1-4-15(5-2,21-3)10-17-14(19)12-8-6-11(7-9-12)13(16)18-20/h6-9,20H,4-5,10H2,1-3H3,(H2,16,18)(H,17,19). The summed E-state index contributed by atoms with van der Waals surface area (Å²) in [5.41, 5.74) is 6.63. The lowest BCUT2D eigenvalue weighted by Gasteiger charge is -2.29. The molecule has 0 saturated carbocycles. The fraction of sp³-hybridized carbons (Fsp3) is 0.467. The topological polar surface area (TPSA) is 87.7 Å². The molecule has 1 aromatic rings. The number of hydrogen-bond acceptors (Lipinski definition) is 4. The fourth-order valence-corrected chi connectivity index (χ4v) is 2.85. The van der Waals surface area contributed by atoms with Gasteiger partial charge in [0, 0.05) is 22.4 Å². The van der Waals surface area contributed by atoms with Crippen LogP contribution in [0.2, 0.25) is 0 Å². The summed E-state index contributed by atoms with van der Waals surface area (Å²) in [5.74, 6) is -0.0818. The van der Waals surface area contributed by atoms with Crippen molar-refractivity contribution >= 4 is 23.5 Å². The first-order chi connectivity index (χ1) is 10.0. The van der Waals surface area contributed by atoms with Crippen LogP contribution in [-0.2, 0) is 0 Å². The van der Waals surface area contributed by atoms with E-state index in [1.54, 1.807) is 36.0 Å². The number of nitrogens with one attached hydrogen (secondary N) is 1. The van der Waals surface area contributed by atoms with Gasteiger partial charge in [0.25, 0.3) is 5.91 Å². The van der Waals surface area contributed by atoms with Crippen LogP contribution in [0.5, 0.6) is 0 Å². The molecule has 5 nitrogen and oxygen atoms in total. The predicted octanol–water partition coefficient (Wildman–Crippen LogP) is 2.43. The number of oxime groups is 1. The lowest BCUT2D eigenvalue weighted by Crippen LogP contribution is -2.39. The van der Waals surface area contributed by atoms with E-state index in [4.69, 9.17) is 10.9 Å². The van der Waals surface area contributed by atoms with Gasteiger partial charge in [-0.3, -0.25) is 4.79 Å². The number of thioether (sulfide) groups is 1. The fourth-order valence-electron chi connectivity index (χ4n) is 2.05. The molecule has 116 valence electrons. The second-order valence-electron chi connectivity index (χ2n) is 4.84. The number of nitrogens with two attached hydrogens (primary N) is 1. The zero-order chi connectivity index (χ0) is 15.9. The molecule has 0 atom stereocenters. The van der Waals surface area contributed by atoms with E-state index in [0.29, 0.717) is 17.7 Å². The highest BCUT2D eigenvalue weighted by molar-refractivity contribution is 8.00. The number of carbonyl (C=O) groups excluding carboxylic acids is 1. The van der Waals surface area contributed by atoms with Gasteiger partial charge in [-0.25, -0.2) is 0 Å². The van der Waals surface area contributed by atoms with E-state index in [9.17, 15) is 4.79 Å². The summed E-state index contributed by atoms with van der Waals surface area (Å²) in [6, 6.07) is 6.65. The number of amides is 1. The summed E-state index contributed by atoms with van der Waals surface area (Å²) < 4.78 is 0.0869. The molecule has 0 aromatic heterocycles. The van der Waals surface area contributed by atoms with Crippen LogP contribution in [0.25, 0.3) is 0 Å². The van der Waals surface area contributed by atoms with Crippen LogP contribution < -0.4 is 11.1 Å². The monoisotopic (exact) mass is 309 g/mol. The molecule has 0 aliphatic carbocycles. The molecule has 0 unspecified atom stereocenters. The zero-order valence-corrected chi connectivity index (χ0v) is 13.5. The second-order valence-corrected chi connectivity index (χ2v) is 6.11. The zero-order valence-electron chi connectivity index (χ0n) is 12.7. The maximum atomic E-state index is 12.2. The Morgan fingerprint density at radius 1 is 1.29 bits per heavy atom. The summed E-state index contributed by atoms with van der Waals surface area (Å²) in [6.07, 6.45) is 4.09. The Bertz CT molecular complexity index is 488. The van der Waals surface area contributed by atoms with E-state index in [-0.39, 0.29) is 16.5 Å². The molecule has 1 aromatic carbocycles. The van der Waals surface area contributed by atoms with E-state index in [1.807, 2.05) is 0 Å². The van der Waals surface area contributed by atoms with Crippen LogP contribution in [0.15, 0.2) is 29.4 Å². The Labute approximate surface area is 130 Å². The van der Waals surface area contributed by atoms with E-state index in [0.717, 1.165) is 12.8 Å². The third-order valence-corrected chi connectivity index (χ3v) is 5.43. The summed E-state index contributed by atoms with van der Waals surface area (Å²) in [5, 5.41) is 14.5. The maximum absolute atomic E-state index is 12.2. The Morgan fingerprint density at radius 3 is 2.24 bits per heavy atom. The van der Waals surface area contributed by atoms with E-state index < -0.39 is 0 Å². The van der Waals surface area contributed by atoms with Gasteiger partial charge in [0.15, 0.2) is 5.84 Å². The van der Waals surface area contributed by atoms with Crippen LogP contribution in [0, 0.1) is 0 Å². The molecule has 0 spiro atoms. The lowest BCUT2D eigenvalue weighted by atomic mass is 10.0. The van der Waals surface area contributed by atoms with Gasteiger partial charge in [0.05, 0.1) is 0 Å². The smallest absolute Gasteiger partial charge is 0.251 e. The van der Waals surface area contributed by atoms with Crippen molar-refractivity contribution < 1.29 is 10.0 Å². The largest absolute Gasteiger partial charge is 0.409 e. The molecule has 1 amide bonds. The van der Waals surface area contributed by atoms with Crippen molar-refractivity contribution in [2.24, 2.45) is 10.9 Å². The lowest BCUT2D eigenvalue weighted by molar-refractivity contribution is 0.0949. The Morgan fingerprint density at radius 2 is 1.81 bits per heavy atom. The SMILES string of the molecule is CCC(CC)(CNC(=O)c1ccc(/C(N)=N/O)cc1)SC. The number of carbonyl (C=O) groups is 1. The molecular formula is C15H23N3O2S. The van der Waals surface area contributed by atoms with Gasteiger partial charge in [-0.1, -0.05) is 31.1 Å². The third kappa shape index (κ3) is 4.39. The van der Waals surface area contributed by atoms with Crippen LogP contribution in [-0.4, -0.2) is 34.5 Å². The molecule has 0 bridgehead atoms. The molecule has 0 aliphatic rings. The molecule has 4 N–H and O–H groups in total. The highest BCUT2D eigenvalue weighted by Crippen LogP contribution is 2.29. The third-order valence-electron chi connectivity index (χ3n) is 3.84. The molecule has 0 radical (unpaired) electrons. The van der Waals surface area contributed by atoms with Gasteiger partial charge in [0.2, 0.25) is 0 Å². The molecule has 21 heavy (non-hydrogen) atoms. The molecule has 0 fully saturated rings. The first-order valence-electron chi connectivity index (χ1n) is 6.93. The van der Waals surface area contributed by atoms with Crippen LogP contribution in [0.3, 0.4) is 0 Å². The van der Waals surface area contributed by atoms with Crippen molar-refractivity contribution in [2.75, 3.05) is 12.8 Å². The predicted molar refractivity (Wildman–Crippen MR) is 88.1 cm³/mol. The molecule has 1 rings (SSSR count). The number of rotatable bonds is 7. The van der Waals surface area contributed by atoms with Crippen LogP contribution in [0.1, 0.15) is 42.6 Å². The van der Waals surface area contributed by atoms with Crippen molar-refractivity contribution in [3.63, 3.8) is 0 Å². The van der Waals surface area contributed by atoms with Crippen molar-refractivity contribution in [2.45, 2.75) is 31.4 Å². The van der Waals surface area contributed by atoms with Crippen molar-refractivity contribution in [3.05, 3.63) is 35.4 Å². The van der Waals surface area contributed by atoms with Gasteiger partial charge in [-0.05, 0) is 31.2 Å². The highest BCUT2D eigenvalue weighted by atomic mass is 32.2. The minimum absolute atomic E-state index is 0.0281. The molecule has 6 heteroatoms. The van der Waals surface area contributed by atoms with E-state index >= 15 is 0 Å². The van der Waals surface area contributed by atoms with Crippen LogP contribution >= 0.6 is 11.8 Å². The van der Waals surface area contributed by atoms with E-state index in [2.05, 4.69) is 30.6 Å². The van der Waals surface area contributed by atoms with Crippen molar-refractivity contribution in [3.8, 4) is 0 Å². The molecule has 0 saturated heterocycles. The number of benzene rings is 1. The van der Waals surface area contributed by atoms with Gasteiger partial charge in [-0.15, -0.1) is 0 Å². The Balaban J connectivity index is 2.72. The second kappa shape index (κ2) is 7.93. The van der Waals surface area contributed by atoms with Gasteiger partial charge in [-0.2, -0.15) is 11.8 Å². The van der Waals surface area contributed by atoms with Crippen molar-refractivity contribution in [1.29, 1.82) is 0 Å². The summed E-state index contributed by atoms with van der Waals surface area (Å²) >= 11 is 1.79. The molecule has 0 heterocycles. The average molecular weight is 309 g/mol. The Kier molecular flexibility index (Phi) is 6.55. The molecular weight excluding hydrogens is 286 g/mol. The maximum Gasteiger partial charge on any atom is 0.251 e. The van der Waals surface area contributed by atoms with E-state index in [1.165, 1.54) is 0 Å². The van der Waals surface area contributed by atoms with Crippen molar-refractivity contribution in [1.82, 2.24) is 5.32 Å². The minimum atomic E-state index is -0.110. The number of nitrogens with zero attached hydrogens (tertiary/aromatic N) is 1. The molecule has 0 aliphatic heterocycles. The normalized spacial score (nSPS) is 12.2. The number of amidine groups is 1. The summed E-state index contributed by atoms with van der Waals surface area (Å²) in [7, 11) is 0. The Hall–Kier alpha value is -1.69. The summed E-state index contributed by atoms with van der Waals surface area (Å²) in [6.45, 7) is 4.91. The average Bonchev–Trinajstić information content (AvgIpc) is 2.55. The first-order valence-corrected chi connectivity index (χ1v) is 8.15. The van der Waals surface area contributed by atoms with Crippen LogP contribution in [0.4, 0.5) is 0 Å². The van der Waals surface area contributed by atoms with Gasteiger partial charge < -0.3 is 16.3 Å². The van der Waals surface area contributed by atoms with Gasteiger partial charge >= 0.3 is 0 Å². The highest BCUT2D eigenvalue weighted by Gasteiger charge is 2.25. The first kappa shape index (κ1) is 17.4. The summed E-state index contributed by atoms with van der Waals surface area (Å²) in [4.78, 5) is 12.2.